The molecule has 1 atom stereocenters. The Morgan fingerprint density at radius 1 is 1.36 bits per heavy atom. The Bertz CT molecular complexity index is 325. The van der Waals surface area contributed by atoms with Crippen LogP contribution in [0.5, 0.6) is 0 Å². The average molecular weight is 190 g/mol. The quantitative estimate of drug-likeness (QED) is 0.628. The highest BCUT2D eigenvalue weighted by Crippen LogP contribution is 2.36. The van der Waals surface area contributed by atoms with Crippen LogP contribution >= 0.6 is 0 Å². The third kappa shape index (κ3) is 1.79. The van der Waals surface area contributed by atoms with Crippen LogP contribution in [-0.4, -0.2) is 9.97 Å². The first-order valence-corrected chi connectivity index (χ1v) is 5.35. The molecule has 0 saturated heterocycles. The van der Waals surface area contributed by atoms with Gasteiger partial charge in [0.1, 0.15) is 6.33 Å². The van der Waals surface area contributed by atoms with E-state index >= 15 is 0 Å². The van der Waals surface area contributed by atoms with Crippen molar-refractivity contribution in [3.63, 3.8) is 0 Å². The Balaban J connectivity index is 2.22. The van der Waals surface area contributed by atoms with E-state index in [1.807, 2.05) is 6.20 Å². The van der Waals surface area contributed by atoms with E-state index in [0.717, 1.165) is 18.8 Å². The van der Waals surface area contributed by atoms with Crippen molar-refractivity contribution in [2.45, 2.75) is 40.0 Å². The van der Waals surface area contributed by atoms with Gasteiger partial charge in [-0.1, -0.05) is 20.8 Å². The Hall–Kier alpha value is -0.920. The van der Waals surface area contributed by atoms with Gasteiger partial charge in [0.05, 0.1) is 0 Å². The second-order valence-electron chi connectivity index (χ2n) is 5.30. The molecular weight excluding hydrogens is 172 g/mol. The monoisotopic (exact) mass is 190 g/mol. The number of hydrogen-bond acceptors (Lipinski definition) is 2. The molecule has 2 nitrogen and oxygen atoms in total. The van der Waals surface area contributed by atoms with E-state index in [1.54, 1.807) is 6.33 Å². The minimum atomic E-state index is 0.405. The van der Waals surface area contributed by atoms with E-state index < -0.39 is 0 Å². The van der Waals surface area contributed by atoms with E-state index in [9.17, 15) is 0 Å². The molecule has 0 saturated carbocycles. The first-order chi connectivity index (χ1) is 6.57. The van der Waals surface area contributed by atoms with Crippen molar-refractivity contribution in [1.82, 2.24) is 9.97 Å². The van der Waals surface area contributed by atoms with Crippen LogP contribution in [0.15, 0.2) is 12.5 Å². The number of rotatable bonds is 0. The van der Waals surface area contributed by atoms with Gasteiger partial charge in [0, 0.05) is 11.9 Å². The summed E-state index contributed by atoms with van der Waals surface area (Å²) in [7, 11) is 0. The largest absolute Gasteiger partial charge is 0.245 e. The first-order valence-electron chi connectivity index (χ1n) is 5.35. The predicted octanol–water partition coefficient (Wildman–Crippen LogP) is 2.63. The summed E-state index contributed by atoms with van der Waals surface area (Å²) in [5, 5.41) is 0. The number of fused-ring (bicyclic) bond motifs is 1. The zero-order chi connectivity index (χ0) is 10.2. The van der Waals surface area contributed by atoms with Crippen LogP contribution in [0.2, 0.25) is 0 Å². The molecule has 0 aliphatic heterocycles. The number of aromatic nitrogens is 2. The smallest absolute Gasteiger partial charge is 0.115 e. The lowest BCUT2D eigenvalue weighted by molar-refractivity contribution is 0.213. The van der Waals surface area contributed by atoms with Gasteiger partial charge in [-0.25, -0.2) is 9.97 Å². The molecule has 0 N–H and O–H groups in total. The lowest BCUT2D eigenvalue weighted by atomic mass is 9.72. The molecule has 2 rings (SSSR count). The van der Waals surface area contributed by atoms with Crippen molar-refractivity contribution >= 4 is 0 Å². The highest BCUT2D eigenvalue weighted by Gasteiger charge is 2.29. The summed E-state index contributed by atoms with van der Waals surface area (Å²) in [5.41, 5.74) is 3.03. The Morgan fingerprint density at radius 3 is 2.86 bits per heavy atom. The van der Waals surface area contributed by atoms with Gasteiger partial charge in [0.2, 0.25) is 0 Å². The maximum Gasteiger partial charge on any atom is 0.115 e. The molecular formula is C12H18N2. The molecule has 14 heavy (non-hydrogen) atoms. The summed E-state index contributed by atoms with van der Waals surface area (Å²) < 4.78 is 0. The fraction of sp³-hybridized carbons (Fsp3) is 0.667. The van der Waals surface area contributed by atoms with Gasteiger partial charge in [0.25, 0.3) is 0 Å². The summed E-state index contributed by atoms with van der Waals surface area (Å²) in [6.07, 6.45) is 7.20. The Morgan fingerprint density at radius 2 is 2.14 bits per heavy atom. The molecule has 0 fully saturated rings. The second-order valence-corrected chi connectivity index (χ2v) is 5.30. The number of nitrogens with zero attached hydrogens (tertiary/aromatic N) is 2. The molecule has 76 valence electrons. The van der Waals surface area contributed by atoms with E-state index in [2.05, 4.69) is 30.7 Å². The summed E-state index contributed by atoms with van der Waals surface area (Å²) in [6, 6.07) is 0. The first kappa shape index (κ1) is 9.63. The van der Waals surface area contributed by atoms with Gasteiger partial charge in [0.15, 0.2) is 0 Å². The van der Waals surface area contributed by atoms with Crippen molar-refractivity contribution in [3.8, 4) is 0 Å². The minimum Gasteiger partial charge on any atom is -0.245 e. The van der Waals surface area contributed by atoms with Crippen LogP contribution in [0.25, 0.3) is 0 Å². The van der Waals surface area contributed by atoms with Crippen LogP contribution in [0.4, 0.5) is 0 Å². The fourth-order valence-electron chi connectivity index (χ4n) is 2.18. The van der Waals surface area contributed by atoms with Crippen molar-refractivity contribution in [3.05, 3.63) is 23.8 Å². The number of hydrogen-bond donors (Lipinski definition) is 0. The third-order valence-corrected chi connectivity index (χ3v) is 3.31. The molecule has 0 spiro atoms. The van der Waals surface area contributed by atoms with Crippen LogP contribution in [0.1, 0.15) is 38.4 Å². The molecule has 1 aromatic heterocycles. The van der Waals surface area contributed by atoms with Crippen LogP contribution in [0, 0.1) is 11.3 Å². The van der Waals surface area contributed by atoms with Gasteiger partial charge in [-0.15, -0.1) is 0 Å². The molecule has 0 bridgehead atoms. The standard InChI is InChI=1S/C12H18N2/c1-12(2,3)10-5-4-9-7-13-8-14-11(9)6-10/h7-8,10H,4-6H2,1-3H3. The molecule has 1 aromatic rings. The van der Waals surface area contributed by atoms with E-state index in [0.29, 0.717) is 5.41 Å². The van der Waals surface area contributed by atoms with Crippen molar-refractivity contribution in [2.24, 2.45) is 11.3 Å². The molecule has 1 heterocycles. The summed E-state index contributed by atoms with van der Waals surface area (Å²) in [6.45, 7) is 6.97. The highest BCUT2D eigenvalue weighted by molar-refractivity contribution is 5.20. The molecule has 0 amide bonds. The number of aryl methyl sites for hydroxylation is 1. The van der Waals surface area contributed by atoms with Gasteiger partial charge in [-0.3, -0.25) is 0 Å². The fourth-order valence-corrected chi connectivity index (χ4v) is 2.18. The van der Waals surface area contributed by atoms with Crippen LogP contribution < -0.4 is 0 Å². The predicted molar refractivity (Wildman–Crippen MR) is 57.0 cm³/mol. The van der Waals surface area contributed by atoms with Gasteiger partial charge in [-0.2, -0.15) is 0 Å². The molecule has 0 radical (unpaired) electrons. The molecule has 1 aliphatic rings. The average Bonchev–Trinajstić information content (AvgIpc) is 2.16. The van der Waals surface area contributed by atoms with Crippen molar-refractivity contribution in [2.75, 3.05) is 0 Å². The minimum absolute atomic E-state index is 0.405. The molecule has 0 aromatic carbocycles. The summed E-state index contributed by atoms with van der Waals surface area (Å²) in [5.74, 6) is 0.768. The van der Waals surface area contributed by atoms with Gasteiger partial charge < -0.3 is 0 Å². The van der Waals surface area contributed by atoms with Crippen molar-refractivity contribution < 1.29 is 0 Å². The van der Waals surface area contributed by atoms with Crippen LogP contribution in [0.3, 0.4) is 0 Å². The maximum absolute atomic E-state index is 4.37. The topological polar surface area (TPSA) is 25.8 Å². The summed E-state index contributed by atoms with van der Waals surface area (Å²) >= 11 is 0. The molecule has 1 aliphatic carbocycles. The lowest BCUT2D eigenvalue weighted by Gasteiger charge is -2.34. The van der Waals surface area contributed by atoms with Crippen LogP contribution in [-0.2, 0) is 12.8 Å². The zero-order valence-corrected chi connectivity index (χ0v) is 9.25. The van der Waals surface area contributed by atoms with Crippen molar-refractivity contribution in [1.29, 1.82) is 0 Å². The lowest BCUT2D eigenvalue weighted by Crippen LogP contribution is -2.27. The Labute approximate surface area is 85.8 Å². The maximum atomic E-state index is 4.37. The summed E-state index contributed by atoms with van der Waals surface area (Å²) in [4.78, 5) is 8.45. The SMILES string of the molecule is CC(C)(C)C1CCc2cncnc2C1. The van der Waals surface area contributed by atoms with Gasteiger partial charge >= 0.3 is 0 Å². The molecule has 2 heteroatoms. The normalized spacial score (nSPS) is 21.8. The van der Waals surface area contributed by atoms with E-state index in [4.69, 9.17) is 0 Å². The third-order valence-electron chi connectivity index (χ3n) is 3.31. The highest BCUT2D eigenvalue weighted by atomic mass is 14.8. The molecule has 1 unspecified atom stereocenters. The van der Waals surface area contributed by atoms with E-state index in [-0.39, 0.29) is 0 Å². The van der Waals surface area contributed by atoms with E-state index in [1.165, 1.54) is 17.7 Å². The Kier molecular flexibility index (Phi) is 2.30. The second kappa shape index (κ2) is 3.34. The van der Waals surface area contributed by atoms with Gasteiger partial charge in [-0.05, 0) is 36.2 Å². The zero-order valence-electron chi connectivity index (χ0n) is 9.25.